The molecule has 3 N–H and O–H groups in total. The Hall–Kier alpha value is -2.09. The Bertz CT molecular complexity index is 842. The number of pyridine rings is 1. The van der Waals surface area contributed by atoms with Crippen molar-refractivity contribution in [3.05, 3.63) is 65.6 Å². The summed E-state index contributed by atoms with van der Waals surface area (Å²) < 4.78 is 0. The van der Waals surface area contributed by atoms with Gasteiger partial charge in [0.25, 0.3) is 0 Å². The summed E-state index contributed by atoms with van der Waals surface area (Å²) in [4.78, 5) is 12.3. The summed E-state index contributed by atoms with van der Waals surface area (Å²) in [6.45, 7) is 6.44. The molecule has 0 saturated heterocycles. The number of nitrogens with zero attached hydrogens (tertiary/aromatic N) is 2. The van der Waals surface area contributed by atoms with E-state index in [1.807, 2.05) is 18.2 Å². The number of nitrogens with one attached hydrogen (secondary N) is 3. The van der Waals surface area contributed by atoms with Crippen LogP contribution >= 0.6 is 24.0 Å². The Kier molecular flexibility index (Phi) is 7.90. The van der Waals surface area contributed by atoms with Crippen molar-refractivity contribution < 1.29 is 0 Å². The van der Waals surface area contributed by atoms with Crippen molar-refractivity contribution in [2.24, 2.45) is 4.99 Å². The largest absolute Gasteiger partial charge is 0.361 e. The van der Waals surface area contributed by atoms with E-state index in [0.29, 0.717) is 6.54 Å². The maximum atomic E-state index is 4.60. The third-order valence-corrected chi connectivity index (χ3v) is 4.17. The normalized spacial score (nSPS) is 11.2. The molecule has 6 heteroatoms. The molecule has 3 aromatic rings. The van der Waals surface area contributed by atoms with Gasteiger partial charge in [-0.15, -0.1) is 24.0 Å². The van der Waals surface area contributed by atoms with E-state index in [1.165, 1.54) is 22.0 Å². The minimum Gasteiger partial charge on any atom is -0.361 e. The number of guanidine groups is 1. The van der Waals surface area contributed by atoms with E-state index in [-0.39, 0.29) is 24.0 Å². The smallest absolute Gasteiger partial charge is 0.191 e. The predicted molar refractivity (Wildman–Crippen MR) is 119 cm³/mol. The van der Waals surface area contributed by atoms with Crippen molar-refractivity contribution in [2.75, 3.05) is 13.1 Å². The number of halogens is 1. The topological polar surface area (TPSA) is 65.1 Å². The number of hydrogen-bond donors (Lipinski definition) is 3. The number of benzene rings is 1. The Morgan fingerprint density at radius 3 is 2.81 bits per heavy atom. The van der Waals surface area contributed by atoms with Gasteiger partial charge in [0.05, 0.1) is 12.2 Å². The van der Waals surface area contributed by atoms with Gasteiger partial charge >= 0.3 is 0 Å². The molecule has 3 rings (SSSR count). The van der Waals surface area contributed by atoms with Gasteiger partial charge in [0.1, 0.15) is 0 Å². The zero-order valence-corrected chi connectivity index (χ0v) is 17.6. The standard InChI is InChI=1S/C20H25N5.HI/c1-3-21-20(25-14-17-8-4-5-11-22-17)23-12-10-16-13-24-19-15(2)7-6-9-18(16)19;/h4-9,11,13,24H,3,10,12,14H2,1-2H3,(H2,21,23,25);1H. The second-order valence-electron chi connectivity index (χ2n) is 6.00. The summed E-state index contributed by atoms with van der Waals surface area (Å²) in [6.07, 6.45) is 4.85. The molecule has 26 heavy (non-hydrogen) atoms. The molecule has 0 fully saturated rings. The quantitative estimate of drug-likeness (QED) is 0.296. The van der Waals surface area contributed by atoms with Crippen LogP contribution in [-0.4, -0.2) is 29.0 Å². The molecule has 1 aromatic carbocycles. The van der Waals surface area contributed by atoms with Crippen LogP contribution < -0.4 is 10.6 Å². The molecule has 0 aliphatic heterocycles. The number of fused-ring (bicyclic) bond motifs is 1. The lowest BCUT2D eigenvalue weighted by atomic mass is 10.1. The van der Waals surface area contributed by atoms with Crippen LogP contribution in [0.25, 0.3) is 10.9 Å². The van der Waals surface area contributed by atoms with E-state index < -0.39 is 0 Å². The molecule has 0 radical (unpaired) electrons. The van der Waals surface area contributed by atoms with E-state index in [0.717, 1.165) is 31.2 Å². The van der Waals surface area contributed by atoms with Gasteiger partial charge in [-0.2, -0.15) is 0 Å². The lowest BCUT2D eigenvalue weighted by molar-refractivity contribution is 0.798. The number of aliphatic imine (C=N–C) groups is 1. The first-order valence-electron chi connectivity index (χ1n) is 8.75. The maximum absolute atomic E-state index is 4.60. The highest BCUT2D eigenvalue weighted by Gasteiger charge is 2.05. The van der Waals surface area contributed by atoms with Crippen molar-refractivity contribution in [3.8, 4) is 0 Å². The molecule has 0 unspecified atom stereocenters. The first kappa shape index (κ1) is 20.2. The van der Waals surface area contributed by atoms with Crippen molar-refractivity contribution in [1.82, 2.24) is 20.6 Å². The molecule has 0 atom stereocenters. The number of rotatable bonds is 6. The lowest BCUT2D eigenvalue weighted by Crippen LogP contribution is -2.38. The zero-order valence-electron chi connectivity index (χ0n) is 15.2. The number of para-hydroxylation sites is 1. The van der Waals surface area contributed by atoms with Crippen LogP contribution in [0.3, 0.4) is 0 Å². The van der Waals surface area contributed by atoms with E-state index in [9.17, 15) is 0 Å². The summed E-state index contributed by atoms with van der Waals surface area (Å²) in [7, 11) is 0. The van der Waals surface area contributed by atoms with Crippen LogP contribution in [0, 0.1) is 6.92 Å². The summed E-state index contributed by atoms with van der Waals surface area (Å²) in [5.74, 6) is 0.823. The van der Waals surface area contributed by atoms with Gasteiger partial charge in [0.15, 0.2) is 5.96 Å². The van der Waals surface area contributed by atoms with E-state index in [1.54, 1.807) is 6.20 Å². The van der Waals surface area contributed by atoms with Crippen LogP contribution in [0.5, 0.6) is 0 Å². The molecule has 0 saturated carbocycles. The lowest BCUT2D eigenvalue weighted by Gasteiger charge is -2.11. The fourth-order valence-corrected chi connectivity index (χ4v) is 2.88. The average molecular weight is 463 g/mol. The average Bonchev–Trinajstić information content (AvgIpc) is 3.05. The van der Waals surface area contributed by atoms with Crippen LogP contribution in [0.4, 0.5) is 0 Å². The Morgan fingerprint density at radius 2 is 2.04 bits per heavy atom. The Labute approximate surface area is 171 Å². The Morgan fingerprint density at radius 1 is 1.15 bits per heavy atom. The number of aromatic amines is 1. The highest BCUT2D eigenvalue weighted by atomic mass is 127. The van der Waals surface area contributed by atoms with Crippen LogP contribution in [-0.2, 0) is 13.0 Å². The molecular formula is C20H26IN5. The number of hydrogen-bond acceptors (Lipinski definition) is 2. The highest BCUT2D eigenvalue weighted by molar-refractivity contribution is 14.0. The third-order valence-electron chi connectivity index (χ3n) is 4.17. The van der Waals surface area contributed by atoms with Crippen LogP contribution in [0.1, 0.15) is 23.7 Å². The molecule has 2 heterocycles. The van der Waals surface area contributed by atoms with E-state index >= 15 is 0 Å². The molecule has 2 aromatic heterocycles. The number of H-pyrrole nitrogens is 1. The molecule has 0 aliphatic carbocycles. The second-order valence-corrected chi connectivity index (χ2v) is 6.00. The van der Waals surface area contributed by atoms with E-state index in [4.69, 9.17) is 0 Å². The molecule has 0 amide bonds. The van der Waals surface area contributed by atoms with Crippen molar-refractivity contribution in [3.63, 3.8) is 0 Å². The van der Waals surface area contributed by atoms with Gasteiger partial charge < -0.3 is 15.6 Å². The van der Waals surface area contributed by atoms with Crippen LogP contribution in [0.15, 0.2) is 53.8 Å². The summed E-state index contributed by atoms with van der Waals surface area (Å²) >= 11 is 0. The van der Waals surface area contributed by atoms with Gasteiger partial charge in [-0.25, -0.2) is 4.99 Å². The summed E-state index contributed by atoms with van der Waals surface area (Å²) in [6, 6.07) is 12.3. The highest BCUT2D eigenvalue weighted by Crippen LogP contribution is 2.21. The molecule has 0 bridgehead atoms. The number of aryl methyl sites for hydroxylation is 1. The van der Waals surface area contributed by atoms with E-state index in [2.05, 4.69) is 63.8 Å². The van der Waals surface area contributed by atoms with Crippen molar-refractivity contribution >= 4 is 40.8 Å². The zero-order chi connectivity index (χ0) is 17.5. The minimum absolute atomic E-state index is 0. The fraction of sp³-hybridized carbons (Fsp3) is 0.300. The van der Waals surface area contributed by atoms with Gasteiger partial charge in [0.2, 0.25) is 0 Å². The fourth-order valence-electron chi connectivity index (χ4n) is 2.88. The first-order chi connectivity index (χ1) is 12.3. The van der Waals surface area contributed by atoms with Gasteiger partial charge in [-0.1, -0.05) is 24.3 Å². The summed E-state index contributed by atoms with van der Waals surface area (Å²) in [5, 5.41) is 7.99. The molecule has 5 nitrogen and oxygen atoms in total. The molecular weight excluding hydrogens is 437 g/mol. The second kappa shape index (κ2) is 10.2. The summed E-state index contributed by atoms with van der Waals surface area (Å²) in [5.41, 5.74) is 4.80. The first-order valence-corrected chi connectivity index (χ1v) is 8.75. The monoisotopic (exact) mass is 463 g/mol. The van der Waals surface area contributed by atoms with Crippen molar-refractivity contribution in [2.45, 2.75) is 26.8 Å². The van der Waals surface area contributed by atoms with Crippen molar-refractivity contribution in [1.29, 1.82) is 0 Å². The van der Waals surface area contributed by atoms with Crippen LogP contribution in [0.2, 0.25) is 0 Å². The third kappa shape index (κ3) is 5.20. The molecule has 0 aliphatic rings. The Balaban J connectivity index is 0.00000243. The van der Waals surface area contributed by atoms with Gasteiger partial charge in [-0.05, 0) is 43.5 Å². The molecule has 138 valence electrons. The predicted octanol–water partition coefficient (Wildman–Crippen LogP) is 3.79. The number of aromatic nitrogens is 2. The molecule has 0 spiro atoms. The van der Waals surface area contributed by atoms with Gasteiger partial charge in [-0.3, -0.25) is 4.98 Å². The minimum atomic E-state index is 0. The maximum Gasteiger partial charge on any atom is 0.191 e. The van der Waals surface area contributed by atoms with Gasteiger partial charge in [0, 0.05) is 36.4 Å². The SMILES string of the molecule is CCNC(=NCc1ccccn1)NCCc1c[nH]c2c(C)cccc12.I.